The average molecular weight is 272 g/mol. The van der Waals surface area contributed by atoms with Crippen LogP contribution in [0.4, 0.5) is 0 Å². The molecule has 80 valence electrons. The van der Waals surface area contributed by atoms with Crippen molar-refractivity contribution in [2.75, 3.05) is 6.54 Å². The number of aryl methyl sites for hydroxylation is 1. The third kappa shape index (κ3) is 2.45. The Bertz CT molecular complexity index is 438. The van der Waals surface area contributed by atoms with Crippen LogP contribution in [0.15, 0.2) is 25.7 Å². The van der Waals surface area contributed by atoms with Crippen molar-refractivity contribution in [3.8, 4) is 11.6 Å². The van der Waals surface area contributed by atoms with Gasteiger partial charge in [-0.25, -0.2) is 0 Å². The van der Waals surface area contributed by atoms with Crippen LogP contribution < -0.4 is 5.73 Å². The molecule has 2 rings (SSSR count). The fourth-order valence-electron chi connectivity index (χ4n) is 1.14. The number of hydrogen-bond donors (Lipinski definition) is 1. The molecule has 2 aromatic heterocycles. The molecule has 2 N–H and O–H groups in total. The number of hydrogen-bond acceptors (Lipinski definition) is 5. The molecule has 0 aliphatic rings. The van der Waals surface area contributed by atoms with Crippen molar-refractivity contribution in [3.05, 3.63) is 22.7 Å². The zero-order valence-corrected chi connectivity index (χ0v) is 9.53. The largest absolute Gasteiger partial charge is 0.446 e. The molecule has 0 aliphatic carbocycles. The summed E-state index contributed by atoms with van der Waals surface area (Å²) in [6, 6.07) is 3.56. The number of aromatic nitrogens is 2. The molecule has 0 aromatic carbocycles. The van der Waals surface area contributed by atoms with Gasteiger partial charge in [0.2, 0.25) is 11.7 Å². The highest BCUT2D eigenvalue weighted by Gasteiger charge is 2.11. The molecule has 0 unspecified atom stereocenters. The van der Waals surface area contributed by atoms with E-state index in [2.05, 4.69) is 26.1 Å². The van der Waals surface area contributed by atoms with E-state index in [0.717, 1.165) is 6.42 Å². The van der Waals surface area contributed by atoms with Gasteiger partial charge in [-0.3, -0.25) is 0 Å². The van der Waals surface area contributed by atoms with E-state index in [1.165, 1.54) is 0 Å². The molecule has 2 heterocycles. The Morgan fingerprint density at radius 2 is 2.27 bits per heavy atom. The van der Waals surface area contributed by atoms with Crippen LogP contribution >= 0.6 is 15.9 Å². The fourth-order valence-corrected chi connectivity index (χ4v) is 1.45. The highest BCUT2D eigenvalue weighted by molar-refractivity contribution is 9.10. The molecular weight excluding hydrogens is 262 g/mol. The van der Waals surface area contributed by atoms with Gasteiger partial charge in [-0.2, -0.15) is 4.98 Å². The van der Waals surface area contributed by atoms with Crippen LogP contribution in [0.2, 0.25) is 0 Å². The Morgan fingerprint density at radius 1 is 1.40 bits per heavy atom. The second-order valence-corrected chi connectivity index (χ2v) is 3.79. The highest BCUT2D eigenvalue weighted by atomic mass is 79.9. The van der Waals surface area contributed by atoms with Crippen LogP contribution in [0.3, 0.4) is 0 Å². The third-order valence-electron chi connectivity index (χ3n) is 1.86. The number of furan rings is 1. The number of halogens is 1. The van der Waals surface area contributed by atoms with E-state index in [1.807, 2.05) is 0 Å². The molecule has 0 bridgehead atoms. The molecule has 6 heteroatoms. The standard InChI is InChI=1S/C9H10BrN3O2/c10-7-4-3-6(14-7)9-12-8(15-13-9)2-1-5-11/h3-4H,1-2,5,11H2. The molecule has 2 aromatic rings. The third-order valence-corrected chi connectivity index (χ3v) is 2.28. The van der Waals surface area contributed by atoms with Crippen LogP contribution in [-0.4, -0.2) is 16.7 Å². The number of rotatable bonds is 4. The summed E-state index contributed by atoms with van der Waals surface area (Å²) in [5.74, 6) is 1.64. The Balaban J connectivity index is 2.13. The van der Waals surface area contributed by atoms with Gasteiger partial charge < -0.3 is 14.7 Å². The van der Waals surface area contributed by atoms with E-state index in [-0.39, 0.29) is 0 Å². The Morgan fingerprint density at radius 3 is 2.93 bits per heavy atom. The van der Waals surface area contributed by atoms with Crippen molar-refractivity contribution in [1.29, 1.82) is 0 Å². The predicted molar refractivity (Wildman–Crippen MR) is 57.1 cm³/mol. The van der Waals surface area contributed by atoms with E-state index in [4.69, 9.17) is 14.7 Å². The second kappa shape index (κ2) is 4.59. The minimum absolute atomic E-state index is 0.465. The minimum atomic E-state index is 0.465. The zero-order valence-electron chi connectivity index (χ0n) is 7.94. The quantitative estimate of drug-likeness (QED) is 0.920. The molecule has 0 fully saturated rings. The van der Waals surface area contributed by atoms with E-state index < -0.39 is 0 Å². The molecule has 0 atom stereocenters. The molecule has 5 nitrogen and oxygen atoms in total. The van der Waals surface area contributed by atoms with Crippen LogP contribution in [0.1, 0.15) is 12.3 Å². The topological polar surface area (TPSA) is 78.1 Å². The Labute approximate surface area is 94.8 Å². The lowest BCUT2D eigenvalue weighted by atomic mass is 10.3. The molecule has 0 amide bonds. The summed E-state index contributed by atoms with van der Waals surface area (Å²) >= 11 is 3.21. The van der Waals surface area contributed by atoms with Gasteiger partial charge in [0.1, 0.15) is 0 Å². The van der Waals surface area contributed by atoms with Gasteiger partial charge >= 0.3 is 0 Å². The van der Waals surface area contributed by atoms with E-state index in [0.29, 0.717) is 35.1 Å². The number of nitrogens with two attached hydrogens (primary N) is 1. The Hall–Kier alpha value is -1.14. The van der Waals surface area contributed by atoms with E-state index >= 15 is 0 Å². The van der Waals surface area contributed by atoms with Crippen molar-refractivity contribution in [2.24, 2.45) is 5.73 Å². The van der Waals surface area contributed by atoms with E-state index in [9.17, 15) is 0 Å². The number of nitrogens with zero attached hydrogens (tertiary/aromatic N) is 2. The van der Waals surface area contributed by atoms with Gasteiger partial charge in [-0.1, -0.05) is 5.16 Å². The summed E-state index contributed by atoms with van der Waals surface area (Å²) in [6.45, 7) is 0.615. The first-order valence-corrected chi connectivity index (χ1v) is 5.37. The smallest absolute Gasteiger partial charge is 0.238 e. The summed E-state index contributed by atoms with van der Waals surface area (Å²) < 4.78 is 11.0. The lowest BCUT2D eigenvalue weighted by Gasteiger charge is -1.88. The first-order valence-electron chi connectivity index (χ1n) is 4.58. The average Bonchev–Trinajstić information content (AvgIpc) is 2.83. The normalized spacial score (nSPS) is 10.8. The molecule has 0 saturated carbocycles. The maximum Gasteiger partial charge on any atom is 0.238 e. The van der Waals surface area contributed by atoms with Gasteiger partial charge in [-0.15, -0.1) is 0 Å². The highest BCUT2D eigenvalue weighted by Crippen LogP contribution is 2.22. The van der Waals surface area contributed by atoms with Crippen LogP contribution in [0, 0.1) is 0 Å². The summed E-state index contributed by atoms with van der Waals surface area (Å²) in [6.07, 6.45) is 1.54. The first kappa shape index (κ1) is 10.4. The summed E-state index contributed by atoms with van der Waals surface area (Å²) in [5.41, 5.74) is 5.38. The zero-order chi connectivity index (χ0) is 10.7. The SMILES string of the molecule is NCCCc1nc(-c2ccc(Br)o2)no1. The second-order valence-electron chi connectivity index (χ2n) is 3.01. The van der Waals surface area contributed by atoms with Gasteiger partial charge in [0.25, 0.3) is 0 Å². The maximum absolute atomic E-state index is 5.38. The van der Waals surface area contributed by atoms with Gasteiger partial charge in [0.15, 0.2) is 10.4 Å². The maximum atomic E-state index is 5.38. The monoisotopic (exact) mass is 271 g/mol. The van der Waals surface area contributed by atoms with Crippen molar-refractivity contribution >= 4 is 15.9 Å². The van der Waals surface area contributed by atoms with Crippen molar-refractivity contribution < 1.29 is 8.94 Å². The molecule has 0 saturated heterocycles. The summed E-state index contributed by atoms with van der Waals surface area (Å²) in [7, 11) is 0. The summed E-state index contributed by atoms with van der Waals surface area (Å²) in [5, 5.41) is 3.81. The molecular formula is C9H10BrN3O2. The molecule has 15 heavy (non-hydrogen) atoms. The van der Waals surface area contributed by atoms with Crippen LogP contribution in [0.25, 0.3) is 11.6 Å². The van der Waals surface area contributed by atoms with Gasteiger partial charge in [0, 0.05) is 6.42 Å². The lowest BCUT2D eigenvalue weighted by Crippen LogP contribution is -2.00. The van der Waals surface area contributed by atoms with E-state index in [1.54, 1.807) is 12.1 Å². The molecule has 0 spiro atoms. The van der Waals surface area contributed by atoms with Crippen LogP contribution in [0.5, 0.6) is 0 Å². The van der Waals surface area contributed by atoms with Gasteiger partial charge in [0.05, 0.1) is 0 Å². The Kier molecular flexibility index (Phi) is 3.17. The van der Waals surface area contributed by atoms with Crippen LogP contribution in [-0.2, 0) is 6.42 Å². The lowest BCUT2D eigenvalue weighted by molar-refractivity contribution is 0.375. The summed E-state index contributed by atoms with van der Waals surface area (Å²) in [4.78, 5) is 4.18. The molecule has 0 radical (unpaired) electrons. The van der Waals surface area contributed by atoms with Crippen molar-refractivity contribution in [2.45, 2.75) is 12.8 Å². The first-order chi connectivity index (χ1) is 7.29. The predicted octanol–water partition coefficient (Wildman–Crippen LogP) is 1.98. The fraction of sp³-hybridized carbons (Fsp3) is 0.333. The van der Waals surface area contributed by atoms with Crippen molar-refractivity contribution in [1.82, 2.24) is 10.1 Å². The van der Waals surface area contributed by atoms with Crippen molar-refractivity contribution in [3.63, 3.8) is 0 Å². The van der Waals surface area contributed by atoms with Gasteiger partial charge in [-0.05, 0) is 41.0 Å². The minimum Gasteiger partial charge on any atom is -0.446 e. The molecule has 0 aliphatic heterocycles.